The van der Waals surface area contributed by atoms with E-state index >= 15 is 0 Å². The lowest BCUT2D eigenvalue weighted by Crippen LogP contribution is -2.32. The van der Waals surface area contributed by atoms with Gasteiger partial charge in [0.25, 0.3) is 0 Å². The van der Waals surface area contributed by atoms with Gasteiger partial charge in [0.05, 0.1) is 5.84 Å². The number of hydrogen-bond donors (Lipinski definition) is 1. The van der Waals surface area contributed by atoms with Crippen molar-refractivity contribution in [2.24, 2.45) is 0 Å². The zero-order chi connectivity index (χ0) is 8.27. The van der Waals surface area contributed by atoms with Gasteiger partial charge in [0.15, 0.2) is 0 Å². The van der Waals surface area contributed by atoms with E-state index in [1.165, 1.54) is 13.0 Å². The summed E-state index contributed by atoms with van der Waals surface area (Å²) in [5, 5.41) is 7.46. The number of nitrogens with one attached hydrogen (secondary N) is 1. The van der Waals surface area contributed by atoms with Crippen molar-refractivity contribution >= 4 is 5.84 Å². The van der Waals surface area contributed by atoms with Crippen LogP contribution in [0.3, 0.4) is 0 Å². The predicted molar refractivity (Wildman–Crippen MR) is 47.1 cm³/mol. The minimum absolute atomic E-state index is 0.709. The van der Waals surface area contributed by atoms with Crippen molar-refractivity contribution in [3.8, 4) is 0 Å². The van der Waals surface area contributed by atoms with Gasteiger partial charge in [0.2, 0.25) is 0 Å². The molecule has 0 bridgehead atoms. The van der Waals surface area contributed by atoms with E-state index in [2.05, 4.69) is 16.8 Å². The van der Waals surface area contributed by atoms with Gasteiger partial charge in [-0.3, -0.25) is 5.41 Å². The first kappa shape index (κ1) is 8.53. The van der Waals surface area contributed by atoms with Gasteiger partial charge in [-0.25, -0.2) is 0 Å². The van der Waals surface area contributed by atoms with Crippen molar-refractivity contribution in [2.45, 2.75) is 13.3 Å². The molecule has 0 atom stereocenters. The third kappa shape index (κ3) is 2.50. The Morgan fingerprint density at radius 1 is 1.18 bits per heavy atom. The average molecular weight is 155 g/mol. The molecular weight excluding hydrogens is 138 g/mol. The lowest BCUT2D eigenvalue weighted by atomic mass is 10.4. The highest BCUT2D eigenvalue weighted by molar-refractivity contribution is 5.76. The van der Waals surface area contributed by atoms with Crippen molar-refractivity contribution in [3.63, 3.8) is 0 Å². The van der Waals surface area contributed by atoms with Gasteiger partial charge in [-0.15, -0.1) is 0 Å². The summed E-state index contributed by atoms with van der Waals surface area (Å²) in [7, 11) is 2.14. The maximum atomic E-state index is 7.46. The quantitative estimate of drug-likeness (QED) is 0.410. The lowest BCUT2D eigenvalue weighted by molar-refractivity contribution is 0.345. The van der Waals surface area contributed by atoms with E-state index in [9.17, 15) is 0 Å². The first-order valence-electron chi connectivity index (χ1n) is 4.19. The van der Waals surface area contributed by atoms with Crippen LogP contribution in [0.1, 0.15) is 13.3 Å². The van der Waals surface area contributed by atoms with Gasteiger partial charge in [-0.1, -0.05) is 0 Å². The van der Waals surface area contributed by atoms with Crippen molar-refractivity contribution in [3.05, 3.63) is 0 Å². The largest absolute Gasteiger partial charge is 0.359 e. The monoisotopic (exact) mass is 155 g/mol. The van der Waals surface area contributed by atoms with Crippen molar-refractivity contribution in [1.29, 1.82) is 5.41 Å². The van der Waals surface area contributed by atoms with Crippen LogP contribution in [0, 0.1) is 5.41 Å². The normalized spacial score (nSPS) is 21.5. The Kier molecular flexibility index (Phi) is 2.88. The van der Waals surface area contributed by atoms with E-state index < -0.39 is 0 Å². The molecule has 1 aliphatic rings. The molecular formula is C8H17N3. The summed E-state index contributed by atoms with van der Waals surface area (Å²) in [4.78, 5) is 4.46. The van der Waals surface area contributed by atoms with Crippen molar-refractivity contribution in [1.82, 2.24) is 9.80 Å². The smallest absolute Gasteiger partial charge is 0.0926 e. The first-order valence-corrected chi connectivity index (χ1v) is 4.19. The molecule has 0 aromatic rings. The van der Waals surface area contributed by atoms with Crippen LogP contribution in [-0.4, -0.2) is 48.9 Å². The second kappa shape index (κ2) is 3.72. The first-order chi connectivity index (χ1) is 5.20. The number of hydrogen-bond acceptors (Lipinski definition) is 2. The van der Waals surface area contributed by atoms with Crippen LogP contribution in [0.15, 0.2) is 0 Å². The average Bonchev–Trinajstić information content (AvgIpc) is 2.13. The van der Waals surface area contributed by atoms with Crippen LogP contribution >= 0.6 is 0 Å². The zero-order valence-corrected chi connectivity index (χ0v) is 7.43. The molecule has 1 saturated heterocycles. The van der Waals surface area contributed by atoms with Gasteiger partial charge in [-0.05, 0) is 26.9 Å². The highest BCUT2D eigenvalue weighted by Crippen LogP contribution is 2.00. The van der Waals surface area contributed by atoms with Gasteiger partial charge in [0.1, 0.15) is 0 Å². The highest BCUT2D eigenvalue weighted by atomic mass is 15.2. The molecule has 1 aliphatic heterocycles. The van der Waals surface area contributed by atoms with Gasteiger partial charge in [-0.2, -0.15) is 0 Å². The molecule has 3 heteroatoms. The zero-order valence-electron chi connectivity index (χ0n) is 7.43. The van der Waals surface area contributed by atoms with Gasteiger partial charge in [0, 0.05) is 19.6 Å². The van der Waals surface area contributed by atoms with Crippen molar-refractivity contribution in [2.75, 3.05) is 33.2 Å². The number of likely N-dealkylation sites (N-methyl/N-ethyl adjacent to an activating group) is 1. The fourth-order valence-electron chi connectivity index (χ4n) is 1.38. The molecule has 64 valence electrons. The van der Waals surface area contributed by atoms with Crippen LogP contribution in [-0.2, 0) is 0 Å². The molecule has 0 spiro atoms. The van der Waals surface area contributed by atoms with E-state index in [0.717, 1.165) is 19.6 Å². The van der Waals surface area contributed by atoms with Gasteiger partial charge >= 0.3 is 0 Å². The summed E-state index contributed by atoms with van der Waals surface area (Å²) >= 11 is 0. The molecule has 1 heterocycles. The summed E-state index contributed by atoms with van der Waals surface area (Å²) in [6, 6.07) is 0. The van der Waals surface area contributed by atoms with E-state index in [0.29, 0.717) is 5.84 Å². The van der Waals surface area contributed by atoms with Gasteiger partial charge < -0.3 is 9.80 Å². The van der Waals surface area contributed by atoms with Crippen LogP contribution in [0.25, 0.3) is 0 Å². The topological polar surface area (TPSA) is 30.3 Å². The maximum absolute atomic E-state index is 7.46. The highest BCUT2D eigenvalue weighted by Gasteiger charge is 2.11. The van der Waals surface area contributed by atoms with E-state index in [-0.39, 0.29) is 0 Å². The molecule has 3 nitrogen and oxygen atoms in total. The molecule has 1 rings (SSSR count). The van der Waals surface area contributed by atoms with E-state index in [1.807, 2.05) is 6.92 Å². The second-order valence-electron chi connectivity index (χ2n) is 3.23. The number of nitrogens with zero attached hydrogens (tertiary/aromatic N) is 2. The summed E-state index contributed by atoms with van der Waals surface area (Å²) in [5.74, 6) is 0.709. The number of rotatable bonds is 0. The summed E-state index contributed by atoms with van der Waals surface area (Å²) in [6.07, 6.45) is 1.19. The number of amidine groups is 1. The predicted octanol–water partition coefficient (Wildman–Crippen LogP) is 0.621. The Hall–Kier alpha value is -0.570. The minimum atomic E-state index is 0.709. The van der Waals surface area contributed by atoms with Crippen LogP contribution in [0.5, 0.6) is 0 Å². The Bertz CT molecular complexity index is 144. The van der Waals surface area contributed by atoms with Crippen LogP contribution in [0.2, 0.25) is 0 Å². The Labute approximate surface area is 68.5 Å². The Morgan fingerprint density at radius 2 is 1.91 bits per heavy atom. The molecule has 1 fully saturated rings. The Balaban J connectivity index is 2.40. The molecule has 0 radical (unpaired) electrons. The minimum Gasteiger partial charge on any atom is -0.359 e. The van der Waals surface area contributed by atoms with Crippen LogP contribution < -0.4 is 0 Å². The molecule has 0 unspecified atom stereocenters. The third-order valence-corrected chi connectivity index (χ3v) is 2.19. The SMILES string of the molecule is CC(=N)N1CCCN(C)CC1. The lowest BCUT2D eigenvalue weighted by Gasteiger charge is -2.20. The summed E-state index contributed by atoms with van der Waals surface area (Å²) < 4.78 is 0. The van der Waals surface area contributed by atoms with Crippen molar-refractivity contribution < 1.29 is 0 Å². The molecule has 0 amide bonds. The maximum Gasteiger partial charge on any atom is 0.0926 e. The van der Waals surface area contributed by atoms with E-state index in [4.69, 9.17) is 5.41 Å². The molecule has 0 aromatic carbocycles. The summed E-state index contributed by atoms with van der Waals surface area (Å²) in [6.45, 7) is 6.21. The van der Waals surface area contributed by atoms with E-state index in [1.54, 1.807) is 0 Å². The Morgan fingerprint density at radius 3 is 2.55 bits per heavy atom. The third-order valence-electron chi connectivity index (χ3n) is 2.19. The molecule has 11 heavy (non-hydrogen) atoms. The summed E-state index contributed by atoms with van der Waals surface area (Å²) in [5.41, 5.74) is 0. The molecule has 0 aromatic heterocycles. The molecule has 0 saturated carbocycles. The fourth-order valence-corrected chi connectivity index (χ4v) is 1.38. The molecule has 1 N–H and O–H groups in total. The standard InChI is InChI=1S/C8H17N3/c1-8(9)11-5-3-4-10(2)6-7-11/h9H,3-7H2,1-2H3. The van der Waals surface area contributed by atoms with Crippen LogP contribution in [0.4, 0.5) is 0 Å². The fraction of sp³-hybridized carbons (Fsp3) is 0.875. The molecule has 0 aliphatic carbocycles. The second-order valence-corrected chi connectivity index (χ2v) is 3.23.